The second-order valence-corrected chi connectivity index (χ2v) is 10.8. The molecule has 0 saturated heterocycles. The number of aromatic nitrogens is 1. The number of ketones is 1. The van der Waals surface area contributed by atoms with Gasteiger partial charge in [0.1, 0.15) is 0 Å². The molecule has 1 aliphatic heterocycles. The minimum Gasteiger partial charge on any atom is -0.512 e. The van der Waals surface area contributed by atoms with Crippen LogP contribution in [0.2, 0.25) is 0 Å². The van der Waals surface area contributed by atoms with Crippen molar-refractivity contribution in [1.29, 1.82) is 0 Å². The Morgan fingerprint density at radius 3 is 2.19 bits per heavy atom. The standard InChI is InChI=1S/C25H15N2.C13H24O2.Ir/c1-2-11-19(12-3-1)27-22-15-7-10-17-9-6-14-21(23(17)22)24-25(27)20-13-5-4-8-18(20)16-26-24;1-5-10(6-2)12(14)9-13(15)11(7-3)8-4;/h1-13,15-16H;9-11,14H,5-8H2,1-4H3;/q-1;;/b;12-9-;. The average Bonchev–Trinajstić information content (AvgIpc) is 3.03. The molecule has 1 aromatic heterocycles. The first kappa shape index (κ1) is 32.1. The van der Waals surface area contributed by atoms with Crippen molar-refractivity contribution in [3.8, 4) is 11.3 Å². The molecule has 0 aliphatic carbocycles. The Bertz CT molecular complexity index is 1720. The van der Waals surface area contributed by atoms with Crippen molar-refractivity contribution in [2.75, 3.05) is 4.90 Å². The number of carbonyl (C=O) groups is 1. The zero-order valence-electron chi connectivity index (χ0n) is 25.3. The van der Waals surface area contributed by atoms with E-state index in [1.165, 1.54) is 27.9 Å². The van der Waals surface area contributed by atoms with Crippen LogP contribution >= 0.6 is 0 Å². The fourth-order valence-corrected chi connectivity index (χ4v) is 5.93. The maximum atomic E-state index is 11.7. The van der Waals surface area contributed by atoms with Gasteiger partial charge in [-0.05, 0) is 49.3 Å². The number of pyridine rings is 1. The smallest absolute Gasteiger partial charge is 0.162 e. The molecule has 43 heavy (non-hydrogen) atoms. The van der Waals surface area contributed by atoms with Gasteiger partial charge in [-0.3, -0.25) is 4.79 Å². The van der Waals surface area contributed by atoms with Crippen LogP contribution in [0.3, 0.4) is 0 Å². The molecule has 0 atom stereocenters. The number of anilines is 3. The summed E-state index contributed by atoms with van der Waals surface area (Å²) in [6, 6.07) is 33.0. The van der Waals surface area contributed by atoms with Gasteiger partial charge >= 0.3 is 0 Å². The van der Waals surface area contributed by atoms with Gasteiger partial charge in [-0.2, -0.15) is 0 Å². The molecule has 0 spiro atoms. The molecule has 4 aromatic carbocycles. The molecular weight excluding hydrogens is 709 g/mol. The number of aliphatic hydroxyl groups is 1. The molecule has 0 amide bonds. The number of aliphatic hydroxyl groups excluding tert-OH is 1. The summed E-state index contributed by atoms with van der Waals surface area (Å²) in [7, 11) is 0. The molecule has 223 valence electrons. The van der Waals surface area contributed by atoms with Gasteiger partial charge in [-0.25, -0.2) is 0 Å². The van der Waals surface area contributed by atoms with Crippen LogP contribution in [0, 0.1) is 17.9 Å². The molecule has 1 aliphatic rings. The monoisotopic (exact) mass is 748 g/mol. The first-order chi connectivity index (χ1) is 20.5. The van der Waals surface area contributed by atoms with Crippen molar-refractivity contribution in [3.63, 3.8) is 0 Å². The summed E-state index contributed by atoms with van der Waals surface area (Å²) in [5, 5.41) is 14.5. The predicted molar refractivity (Wildman–Crippen MR) is 176 cm³/mol. The van der Waals surface area contributed by atoms with Gasteiger partial charge in [0.2, 0.25) is 0 Å². The molecule has 0 saturated carbocycles. The number of hydrogen-bond acceptors (Lipinski definition) is 4. The molecule has 1 N–H and O–H groups in total. The summed E-state index contributed by atoms with van der Waals surface area (Å²) < 4.78 is 0. The molecule has 1 radical (unpaired) electrons. The van der Waals surface area contributed by atoms with E-state index in [2.05, 4.69) is 89.8 Å². The quantitative estimate of drug-likeness (QED) is 0.0957. The van der Waals surface area contributed by atoms with Crippen molar-refractivity contribution >= 4 is 44.4 Å². The van der Waals surface area contributed by atoms with E-state index >= 15 is 0 Å². The summed E-state index contributed by atoms with van der Waals surface area (Å²) >= 11 is 0. The van der Waals surface area contributed by atoms with E-state index in [-0.39, 0.29) is 43.5 Å². The number of nitrogens with zero attached hydrogens (tertiary/aromatic N) is 2. The Hall–Kier alpha value is -3.79. The molecule has 6 rings (SSSR count). The minimum atomic E-state index is 0. The normalized spacial score (nSPS) is 12.1. The third-order valence-corrected chi connectivity index (χ3v) is 8.39. The minimum absolute atomic E-state index is 0. The van der Waals surface area contributed by atoms with E-state index in [4.69, 9.17) is 4.98 Å². The predicted octanol–water partition coefficient (Wildman–Crippen LogP) is 10.5. The van der Waals surface area contributed by atoms with Crippen LogP contribution in [0.4, 0.5) is 17.1 Å². The molecule has 2 heterocycles. The van der Waals surface area contributed by atoms with Gasteiger partial charge in [-0.1, -0.05) is 93.1 Å². The van der Waals surface area contributed by atoms with E-state index < -0.39 is 0 Å². The molecular formula is C38H39IrN2O2-. The number of hydrogen-bond donors (Lipinski definition) is 1. The fourth-order valence-electron chi connectivity index (χ4n) is 5.93. The van der Waals surface area contributed by atoms with Crippen molar-refractivity contribution in [1.82, 2.24) is 4.98 Å². The molecule has 4 nitrogen and oxygen atoms in total. The number of rotatable bonds is 8. The average molecular weight is 748 g/mol. The van der Waals surface area contributed by atoms with Gasteiger partial charge in [0, 0.05) is 72.4 Å². The first-order valence-corrected chi connectivity index (χ1v) is 15.1. The van der Waals surface area contributed by atoms with Crippen LogP contribution in [0.5, 0.6) is 0 Å². The zero-order valence-corrected chi connectivity index (χ0v) is 27.7. The van der Waals surface area contributed by atoms with Gasteiger partial charge in [-0.15, -0.1) is 23.8 Å². The number of carbonyl (C=O) groups excluding carboxylic acids is 1. The van der Waals surface area contributed by atoms with Crippen molar-refractivity contribution in [2.24, 2.45) is 11.8 Å². The number of fused-ring (bicyclic) bond motifs is 4. The van der Waals surface area contributed by atoms with Crippen molar-refractivity contribution in [3.05, 3.63) is 109 Å². The third kappa shape index (κ3) is 6.44. The van der Waals surface area contributed by atoms with Gasteiger partial charge in [0.25, 0.3) is 0 Å². The molecule has 0 unspecified atom stereocenters. The Morgan fingerprint density at radius 1 is 0.837 bits per heavy atom. The summed E-state index contributed by atoms with van der Waals surface area (Å²) in [6.07, 6.45) is 6.88. The summed E-state index contributed by atoms with van der Waals surface area (Å²) in [4.78, 5) is 18.9. The summed E-state index contributed by atoms with van der Waals surface area (Å²) in [6.45, 7) is 8.07. The third-order valence-electron chi connectivity index (χ3n) is 8.39. The van der Waals surface area contributed by atoms with E-state index in [9.17, 15) is 9.90 Å². The second kappa shape index (κ2) is 14.6. The van der Waals surface area contributed by atoms with Gasteiger partial charge in [0.05, 0.1) is 5.76 Å². The zero-order chi connectivity index (χ0) is 29.6. The molecule has 5 heteroatoms. The van der Waals surface area contributed by atoms with E-state index in [1.807, 2.05) is 40.0 Å². The van der Waals surface area contributed by atoms with Crippen LogP contribution in [0.15, 0.2) is 103 Å². The molecule has 5 aromatic rings. The van der Waals surface area contributed by atoms with E-state index in [1.54, 1.807) is 0 Å². The number of allylic oxidation sites excluding steroid dienone is 2. The first-order valence-electron chi connectivity index (χ1n) is 15.1. The van der Waals surface area contributed by atoms with Crippen LogP contribution in [0.1, 0.15) is 53.4 Å². The summed E-state index contributed by atoms with van der Waals surface area (Å²) in [5.41, 5.74) is 5.51. The molecule has 0 bridgehead atoms. The van der Waals surface area contributed by atoms with E-state index in [0.717, 1.165) is 53.7 Å². The summed E-state index contributed by atoms with van der Waals surface area (Å²) in [5.74, 6) is 0.547. The maximum Gasteiger partial charge on any atom is 0.162 e. The van der Waals surface area contributed by atoms with Crippen molar-refractivity contribution in [2.45, 2.75) is 53.4 Å². The van der Waals surface area contributed by atoms with Crippen LogP contribution < -0.4 is 4.90 Å². The topological polar surface area (TPSA) is 53.4 Å². The Morgan fingerprint density at radius 2 is 1.49 bits per heavy atom. The maximum absolute atomic E-state index is 11.7. The Labute approximate surface area is 268 Å². The second-order valence-electron chi connectivity index (χ2n) is 10.8. The van der Waals surface area contributed by atoms with E-state index in [0.29, 0.717) is 0 Å². The van der Waals surface area contributed by atoms with Gasteiger partial charge in [0.15, 0.2) is 5.78 Å². The Balaban J connectivity index is 0.000000230. The van der Waals surface area contributed by atoms with Crippen LogP contribution in [-0.2, 0) is 24.9 Å². The van der Waals surface area contributed by atoms with Crippen LogP contribution in [0.25, 0.3) is 32.8 Å². The SMILES string of the molecule is CCC(CC)C(=O)/C=C(\O)C(CC)CC.[Ir].[c-]1ccc2cccc3c2c1-c1ncc2ccccc2c1N3c1ccccc1. The molecule has 0 fully saturated rings. The van der Waals surface area contributed by atoms with Crippen LogP contribution in [-0.4, -0.2) is 15.9 Å². The largest absolute Gasteiger partial charge is 0.512 e. The fraction of sp³-hybridized carbons (Fsp3) is 0.263. The number of benzene rings is 4. The number of para-hydroxylation sites is 1. The Kier molecular flexibility index (Phi) is 10.9. The van der Waals surface area contributed by atoms with Crippen molar-refractivity contribution < 1.29 is 30.0 Å². The van der Waals surface area contributed by atoms with Gasteiger partial charge < -0.3 is 15.0 Å².